The molecule has 124 valence electrons. The Kier molecular flexibility index (Phi) is 4.79. The van der Waals surface area contributed by atoms with Gasteiger partial charge in [0.2, 0.25) is 20.7 Å². The molecule has 1 heterocycles. The normalized spacial score (nSPS) is 11.6. The number of rotatable bonds is 6. The molecule has 0 saturated carbocycles. The minimum Gasteiger partial charge on any atom is -0.358 e. The average Bonchev–Trinajstić information content (AvgIpc) is 2.87. The second-order valence-corrected chi connectivity index (χ2v) is 6.74. The number of benzene rings is 1. The third kappa shape index (κ3) is 3.09. The Balaban J connectivity index is 2.75. The van der Waals surface area contributed by atoms with Gasteiger partial charge in [-0.15, -0.1) is 0 Å². The summed E-state index contributed by atoms with van der Waals surface area (Å²) in [6.45, 7) is 3.87. The molecule has 23 heavy (non-hydrogen) atoms. The van der Waals surface area contributed by atoms with Crippen molar-refractivity contribution in [2.45, 2.75) is 43.2 Å². The summed E-state index contributed by atoms with van der Waals surface area (Å²) in [5.41, 5.74) is 0. The topological polar surface area (TPSA) is 95.1 Å². The van der Waals surface area contributed by atoms with Crippen LogP contribution in [0.15, 0.2) is 34.2 Å². The van der Waals surface area contributed by atoms with Gasteiger partial charge in [0.15, 0.2) is 0 Å². The van der Waals surface area contributed by atoms with Crippen LogP contribution >= 0.6 is 0 Å². The molecule has 0 spiro atoms. The van der Waals surface area contributed by atoms with Gasteiger partial charge in [-0.05, 0) is 40.6 Å². The smallest absolute Gasteiger partial charge is 0.358 e. The Morgan fingerprint density at radius 2 is 1.87 bits per heavy atom. The van der Waals surface area contributed by atoms with Crippen LogP contribution in [0.4, 0.5) is 10.2 Å². The monoisotopic (exact) mass is 341 g/mol. The number of nitro groups is 1. The molecule has 0 radical (unpaired) electrons. The molecule has 0 aliphatic carbocycles. The summed E-state index contributed by atoms with van der Waals surface area (Å²) in [4.78, 5) is 14.1. The van der Waals surface area contributed by atoms with Crippen LogP contribution in [0.3, 0.4) is 0 Å². The molecule has 1 aromatic heterocycles. The Labute approximate surface area is 132 Å². The first-order valence-corrected chi connectivity index (χ1v) is 8.55. The fraction of sp³-hybridized carbons (Fsp3) is 0.357. The van der Waals surface area contributed by atoms with Gasteiger partial charge >= 0.3 is 5.82 Å². The molecule has 0 bridgehead atoms. The first kappa shape index (κ1) is 17.1. The summed E-state index contributed by atoms with van der Waals surface area (Å²) >= 11 is 0. The average molecular weight is 341 g/mol. The van der Waals surface area contributed by atoms with Crippen molar-refractivity contribution in [1.82, 2.24) is 9.55 Å². The minimum absolute atomic E-state index is 0.207. The van der Waals surface area contributed by atoms with Gasteiger partial charge in [0.05, 0.1) is 4.90 Å². The Morgan fingerprint density at radius 1 is 1.26 bits per heavy atom. The number of hydrogen-bond acceptors (Lipinski definition) is 5. The van der Waals surface area contributed by atoms with E-state index in [9.17, 15) is 22.9 Å². The first-order valence-electron chi connectivity index (χ1n) is 7.07. The maximum atomic E-state index is 13.0. The molecular weight excluding hydrogens is 325 g/mol. The molecule has 0 fully saturated rings. The molecule has 2 rings (SSSR count). The molecule has 0 N–H and O–H groups in total. The van der Waals surface area contributed by atoms with Crippen LogP contribution in [-0.4, -0.2) is 22.9 Å². The lowest BCUT2D eigenvalue weighted by molar-refractivity contribution is -0.392. The molecule has 0 aliphatic rings. The third-order valence-electron chi connectivity index (χ3n) is 3.30. The number of sulfone groups is 1. The molecule has 0 amide bonds. The van der Waals surface area contributed by atoms with E-state index in [1.54, 1.807) is 6.92 Å². The standard InChI is InChI=1S/C14H16FN3O4S/c1-3-9-17-12(4-2)16-13(18(19)20)14(17)23(21,22)11-7-5-10(15)6-8-11/h5-8H,3-4,9H2,1-2H3. The Bertz CT molecular complexity index is 828. The summed E-state index contributed by atoms with van der Waals surface area (Å²) in [7, 11) is -4.18. The second kappa shape index (κ2) is 6.45. The van der Waals surface area contributed by atoms with Crippen molar-refractivity contribution in [2.24, 2.45) is 0 Å². The second-order valence-electron chi connectivity index (χ2n) is 4.88. The van der Waals surface area contributed by atoms with Gasteiger partial charge < -0.3 is 10.1 Å². The first-order chi connectivity index (χ1) is 10.8. The van der Waals surface area contributed by atoms with Crippen molar-refractivity contribution in [2.75, 3.05) is 0 Å². The maximum absolute atomic E-state index is 13.0. The van der Waals surface area contributed by atoms with Gasteiger partial charge in [0.25, 0.3) is 0 Å². The summed E-state index contributed by atoms with van der Waals surface area (Å²) in [5.74, 6) is -0.950. The maximum Gasteiger partial charge on any atom is 0.401 e. The predicted octanol–water partition coefficient (Wildman–Crippen LogP) is 2.74. The molecule has 0 atom stereocenters. The lowest BCUT2D eigenvalue weighted by atomic mass is 10.4. The molecule has 7 nitrogen and oxygen atoms in total. The van der Waals surface area contributed by atoms with Gasteiger partial charge in [0.1, 0.15) is 5.82 Å². The molecule has 0 saturated heterocycles. The summed E-state index contributed by atoms with van der Waals surface area (Å²) in [6.07, 6.45) is 0.951. The van der Waals surface area contributed by atoms with Crippen LogP contribution in [0.1, 0.15) is 26.1 Å². The van der Waals surface area contributed by atoms with Crippen molar-refractivity contribution < 1.29 is 17.7 Å². The lowest BCUT2D eigenvalue weighted by Crippen LogP contribution is -2.13. The third-order valence-corrected chi connectivity index (χ3v) is 5.10. The van der Waals surface area contributed by atoms with Gasteiger partial charge in [-0.25, -0.2) is 12.8 Å². The highest BCUT2D eigenvalue weighted by Gasteiger charge is 2.36. The highest BCUT2D eigenvalue weighted by molar-refractivity contribution is 7.91. The van der Waals surface area contributed by atoms with Crippen molar-refractivity contribution in [3.8, 4) is 0 Å². The van der Waals surface area contributed by atoms with E-state index in [1.807, 2.05) is 6.92 Å². The number of nitrogens with zero attached hydrogens (tertiary/aromatic N) is 3. The predicted molar refractivity (Wildman–Crippen MR) is 80.4 cm³/mol. The van der Waals surface area contributed by atoms with E-state index in [2.05, 4.69) is 4.98 Å². The van der Waals surface area contributed by atoms with Gasteiger partial charge in [-0.2, -0.15) is 0 Å². The minimum atomic E-state index is -4.18. The van der Waals surface area contributed by atoms with E-state index in [0.29, 0.717) is 25.2 Å². The summed E-state index contributed by atoms with van der Waals surface area (Å²) in [5, 5.41) is 10.8. The lowest BCUT2D eigenvalue weighted by Gasteiger charge is -2.09. The molecule has 0 unspecified atom stereocenters. The van der Waals surface area contributed by atoms with Crippen LogP contribution in [0, 0.1) is 15.9 Å². The molecule has 1 aromatic carbocycles. The zero-order valence-electron chi connectivity index (χ0n) is 12.7. The SMILES string of the molecule is CCCn1c(CC)nc([N+](=O)[O-])c1S(=O)(=O)c1ccc(F)cc1. The number of halogens is 1. The van der Waals surface area contributed by atoms with Crippen molar-refractivity contribution in [3.63, 3.8) is 0 Å². The van der Waals surface area contributed by atoms with Gasteiger partial charge in [-0.3, -0.25) is 4.57 Å². The van der Waals surface area contributed by atoms with Crippen LogP contribution in [0.5, 0.6) is 0 Å². The number of aryl methyl sites for hydroxylation is 1. The van der Waals surface area contributed by atoms with Crippen molar-refractivity contribution >= 4 is 15.7 Å². The largest absolute Gasteiger partial charge is 0.401 e. The fourth-order valence-electron chi connectivity index (χ4n) is 2.30. The zero-order chi connectivity index (χ0) is 17.2. The molecule has 2 aromatic rings. The number of imidazole rings is 1. The summed E-state index contributed by atoms with van der Waals surface area (Å²) in [6, 6.07) is 4.17. The molecule has 0 aliphatic heterocycles. The van der Waals surface area contributed by atoms with Gasteiger partial charge in [0, 0.05) is 13.0 Å². The van der Waals surface area contributed by atoms with Crippen LogP contribution in [0.2, 0.25) is 0 Å². The zero-order valence-corrected chi connectivity index (χ0v) is 13.5. The van der Waals surface area contributed by atoms with Crippen LogP contribution in [0.25, 0.3) is 0 Å². The number of hydrogen-bond donors (Lipinski definition) is 0. The van der Waals surface area contributed by atoms with Crippen molar-refractivity contribution in [1.29, 1.82) is 0 Å². The fourth-order valence-corrected chi connectivity index (χ4v) is 3.87. The van der Waals surface area contributed by atoms with E-state index in [1.165, 1.54) is 4.57 Å². The van der Waals surface area contributed by atoms with E-state index >= 15 is 0 Å². The molecular formula is C14H16FN3O4S. The Hall–Kier alpha value is -2.29. The van der Waals surface area contributed by atoms with E-state index in [4.69, 9.17) is 0 Å². The molecule has 9 heteroatoms. The van der Waals surface area contributed by atoms with Crippen LogP contribution < -0.4 is 0 Å². The van der Waals surface area contributed by atoms with Gasteiger partial charge in [-0.1, -0.05) is 13.8 Å². The quantitative estimate of drug-likeness (QED) is 0.457. The van der Waals surface area contributed by atoms with E-state index < -0.39 is 31.4 Å². The van der Waals surface area contributed by atoms with E-state index in [-0.39, 0.29) is 4.90 Å². The van der Waals surface area contributed by atoms with E-state index in [0.717, 1.165) is 24.3 Å². The highest BCUT2D eigenvalue weighted by Crippen LogP contribution is 2.30. The Morgan fingerprint density at radius 3 is 2.35 bits per heavy atom. The highest BCUT2D eigenvalue weighted by atomic mass is 32.2. The summed E-state index contributed by atoms with van der Waals surface area (Å²) < 4.78 is 40.0. The van der Waals surface area contributed by atoms with Crippen LogP contribution in [-0.2, 0) is 22.8 Å². The number of aromatic nitrogens is 2. The van der Waals surface area contributed by atoms with Crippen molar-refractivity contribution in [3.05, 3.63) is 46.0 Å².